The molecule has 2 aromatic heterocycles. The second kappa shape index (κ2) is 7.58. The van der Waals surface area contributed by atoms with Crippen LogP contribution in [0.1, 0.15) is 40.5 Å². The predicted octanol–water partition coefficient (Wildman–Crippen LogP) is 5.61. The number of nitrogens with zero attached hydrogens (tertiary/aromatic N) is 3. The largest absolute Gasteiger partial charge is 0.449 e. The molecule has 1 aromatic carbocycles. The number of thiazole rings is 1. The van der Waals surface area contributed by atoms with E-state index in [1.54, 1.807) is 5.51 Å². The van der Waals surface area contributed by atoms with Crippen molar-refractivity contribution < 1.29 is 9.53 Å². The maximum absolute atomic E-state index is 12.8. The van der Waals surface area contributed by atoms with E-state index in [-0.39, 0.29) is 5.41 Å². The van der Waals surface area contributed by atoms with E-state index in [0.29, 0.717) is 24.0 Å². The third kappa shape index (κ3) is 4.30. The summed E-state index contributed by atoms with van der Waals surface area (Å²) in [6.07, 6.45) is 1.55. The van der Waals surface area contributed by atoms with E-state index in [1.807, 2.05) is 29.6 Å². The van der Waals surface area contributed by atoms with E-state index >= 15 is 0 Å². The Morgan fingerprint density at radius 1 is 1.31 bits per heavy atom. The normalized spacial score (nSPS) is 13.1. The van der Waals surface area contributed by atoms with Gasteiger partial charge in [0, 0.05) is 5.38 Å². The van der Waals surface area contributed by atoms with Gasteiger partial charge >= 0.3 is 6.09 Å². The molecule has 0 N–H and O–H groups in total. The standard InChI is InChI=1S/C20H25N3O2S/c1-14(11-20(2,3)4)9-10-25-19(24)23-17-8-6-5-7-15(17)22-18(23)16-12-26-13-21-16/h5-8,12-14H,9-11H2,1-4H3. The Balaban J connectivity index is 1.77. The summed E-state index contributed by atoms with van der Waals surface area (Å²) in [7, 11) is 0. The highest BCUT2D eigenvalue weighted by atomic mass is 32.1. The van der Waals surface area contributed by atoms with Crippen molar-refractivity contribution >= 4 is 28.5 Å². The van der Waals surface area contributed by atoms with E-state index < -0.39 is 6.09 Å². The molecule has 0 amide bonds. The van der Waals surface area contributed by atoms with Crippen LogP contribution in [0.25, 0.3) is 22.6 Å². The maximum atomic E-state index is 12.8. The summed E-state index contributed by atoms with van der Waals surface area (Å²) in [5.41, 5.74) is 4.20. The topological polar surface area (TPSA) is 57.0 Å². The number of carbonyl (C=O) groups excluding carboxylic acids is 1. The molecule has 6 heteroatoms. The lowest BCUT2D eigenvalue weighted by molar-refractivity contribution is 0.138. The van der Waals surface area contributed by atoms with Gasteiger partial charge in [0.2, 0.25) is 0 Å². The fraction of sp³-hybridized carbons (Fsp3) is 0.450. The van der Waals surface area contributed by atoms with Gasteiger partial charge in [-0.05, 0) is 36.3 Å². The summed E-state index contributed by atoms with van der Waals surface area (Å²) in [6.45, 7) is 9.29. The van der Waals surface area contributed by atoms with Gasteiger partial charge < -0.3 is 4.74 Å². The van der Waals surface area contributed by atoms with Crippen LogP contribution in [-0.4, -0.2) is 27.2 Å². The average molecular weight is 372 g/mol. The molecule has 1 atom stereocenters. The van der Waals surface area contributed by atoms with Crippen LogP contribution in [0.2, 0.25) is 0 Å². The summed E-state index contributed by atoms with van der Waals surface area (Å²) in [5.74, 6) is 1.03. The molecule has 2 heterocycles. The average Bonchev–Trinajstić information content (AvgIpc) is 3.20. The van der Waals surface area contributed by atoms with Crippen LogP contribution in [0, 0.1) is 11.3 Å². The van der Waals surface area contributed by atoms with Gasteiger partial charge in [-0.2, -0.15) is 0 Å². The first-order valence-electron chi connectivity index (χ1n) is 8.88. The van der Waals surface area contributed by atoms with E-state index in [9.17, 15) is 4.79 Å². The number of carbonyl (C=O) groups is 1. The van der Waals surface area contributed by atoms with Gasteiger partial charge in [0.25, 0.3) is 0 Å². The van der Waals surface area contributed by atoms with Crippen molar-refractivity contribution in [1.29, 1.82) is 0 Å². The van der Waals surface area contributed by atoms with E-state index in [0.717, 1.165) is 23.9 Å². The fourth-order valence-corrected chi connectivity index (χ4v) is 3.80. The highest BCUT2D eigenvalue weighted by Crippen LogP contribution is 2.27. The van der Waals surface area contributed by atoms with Gasteiger partial charge in [0.1, 0.15) is 5.69 Å². The van der Waals surface area contributed by atoms with Crippen molar-refractivity contribution in [2.75, 3.05) is 6.61 Å². The third-order valence-electron chi connectivity index (χ3n) is 4.20. The smallest absolute Gasteiger partial charge is 0.420 e. The molecule has 0 bridgehead atoms. The number of fused-ring (bicyclic) bond motifs is 1. The first kappa shape index (κ1) is 18.6. The molecule has 0 aliphatic rings. The lowest BCUT2D eigenvalue weighted by atomic mass is 9.84. The van der Waals surface area contributed by atoms with Crippen LogP contribution >= 0.6 is 11.3 Å². The number of rotatable bonds is 5. The molecule has 26 heavy (non-hydrogen) atoms. The summed E-state index contributed by atoms with van der Waals surface area (Å²) in [5, 5.41) is 1.89. The molecule has 138 valence electrons. The van der Waals surface area contributed by atoms with Crippen LogP contribution < -0.4 is 0 Å². The summed E-state index contributed by atoms with van der Waals surface area (Å²) >= 11 is 1.48. The van der Waals surface area contributed by atoms with E-state index in [2.05, 4.69) is 37.7 Å². The van der Waals surface area contributed by atoms with Crippen molar-refractivity contribution in [3.63, 3.8) is 0 Å². The molecule has 1 unspecified atom stereocenters. The van der Waals surface area contributed by atoms with E-state index in [1.165, 1.54) is 15.9 Å². The van der Waals surface area contributed by atoms with Crippen molar-refractivity contribution in [3.8, 4) is 11.5 Å². The minimum Gasteiger partial charge on any atom is -0.449 e. The van der Waals surface area contributed by atoms with Gasteiger partial charge in [-0.3, -0.25) is 0 Å². The van der Waals surface area contributed by atoms with Gasteiger partial charge in [-0.25, -0.2) is 19.3 Å². The zero-order valence-electron chi connectivity index (χ0n) is 15.7. The number of benzene rings is 1. The zero-order chi connectivity index (χ0) is 18.7. The number of hydrogen-bond acceptors (Lipinski definition) is 5. The highest BCUT2D eigenvalue weighted by molar-refractivity contribution is 7.07. The molecule has 0 saturated carbocycles. The predicted molar refractivity (Wildman–Crippen MR) is 105 cm³/mol. The van der Waals surface area contributed by atoms with Gasteiger partial charge in [0.15, 0.2) is 5.82 Å². The number of hydrogen-bond donors (Lipinski definition) is 0. The van der Waals surface area contributed by atoms with Crippen LogP contribution in [0.5, 0.6) is 0 Å². The van der Waals surface area contributed by atoms with Crippen molar-refractivity contribution in [3.05, 3.63) is 35.2 Å². The van der Waals surface area contributed by atoms with Crippen molar-refractivity contribution in [2.45, 2.75) is 40.5 Å². The van der Waals surface area contributed by atoms with Gasteiger partial charge in [-0.1, -0.05) is 39.8 Å². The molecule has 3 rings (SSSR count). The first-order chi connectivity index (χ1) is 12.3. The molecule has 0 fully saturated rings. The monoisotopic (exact) mass is 371 g/mol. The van der Waals surface area contributed by atoms with Crippen molar-refractivity contribution in [1.82, 2.24) is 14.5 Å². The zero-order valence-corrected chi connectivity index (χ0v) is 16.5. The van der Waals surface area contributed by atoms with Gasteiger partial charge in [0.05, 0.1) is 23.2 Å². The Hall–Kier alpha value is -2.21. The van der Waals surface area contributed by atoms with Crippen molar-refractivity contribution in [2.24, 2.45) is 11.3 Å². The molecule has 0 radical (unpaired) electrons. The Labute approximate surface area is 158 Å². The molecular weight excluding hydrogens is 346 g/mol. The first-order valence-corrected chi connectivity index (χ1v) is 9.82. The Morgan fingerprint density at radius 2 is 2.08 bits per heavy atom. The quantitative estimate of drug-likeness (QED) is 0.585. The third-order valence-corrected chi connectivity index (χ3v) is 4.79. The maximum Gasteiger partial charge on any atom is 0.420 e. The number of imidazole rings is 1. The number of para-hydroxylation sites is 2. The second-order valence-electron chi connectivity index (χ2n) is 7.91. The Morgan fingerprint density at radius 3 is 2.77 bits per heavy atom. The molecular formula is C20H25N3O2S. The lowest BCUT2D eigenvalue weighted by Gasteiger charge is -2.23. The second-order valence-corrected chi connectivity index (χ2v) is 8.62. The fourth-order valence-electron chi connectivity index (χ4n) is 3.26. The molecule has 0 spiro atoms. The molecule has 3 aromatic rings. The summed E-state index contributed by atoms with van der Waals surface area (Å²) < 4.78 is 7.10. The minimum atomic E-state index is -0.398. The lowest BCUT2D eigenvalue weighted by Crippen LogP contribution is -2.18. The van der Waals surface area contributed by atoms with Gasteiger partial charge in [-0.15, -0.1) is 11.3 Å². The molecule has 0 aliphatic heterocycles. The Bertz CT molecular complexity index is 878. The van der Waals surface area contributed by atoms with Crippen LogP contribution in [-0.2, 0) is 4.74 Å². The number of aromatic nitrogens is 3. The number of ether oxygens (including phenoxy) is 1. The summed E-state index contributed by atoms with van der Waals surface area (Å²) in [6, 6.07) is 7.57. The molecule has 5 nitrogen and oxygen atoms in total. The van der Waals surface area contributed by atoms with Crippen LogP contribution in [0.15, 0.2) is 35.2 Å². The highest BCUT2D eigenvalue weighted by Gasteiger charge is 2.21. The molecule has 0 saturated heterocycles. The SMILES string of the molecule is CC(CCOC(=O)n1c(-c2cscn2)nc2ccccc21)CC(C)(C)C. The van der Waals surface area contributed by atoms with E-state index in [4.69, 9.17) is 4.74 Å². The van der Waals surface area contributed by atoms with Crippen LogP contribution in [0.3, 0.4) is 0 Å². The van der Waals surface area contributed by atoms with Crippen LogP contribution in [0.4, 0.5) is 4.79 Å². The minimum absolute atomic E-state index is 0.280. The Kier molecular flexibility index (Phi) is 5.41. The summed E-state index contributed by atoms with van der Waals surface area (Å²) in [4.78, 5) is 21.7. The molecule has 0 aliphatic carbocycles.